The van der Waals surface area contributed by atoms with Crippen molar-refractivity contribution in [3.63, 3.8) is 0 Å². The van der Waals surface area contributed by atoms with Gasteiger partial charge in [-0.1, -0.05) is 6.42 Å². The summed E-state index contributed by atoms with van der Waals surface area (Å²) in [5.41, 5.74) is 0.779. The highest BCUT2D eigenvalue weighted by molar-refractivity contribution is 5.80. The Morgan fingerprint density at radius 1 is 1.28 bits per heavy atom. The Morgan fingerprint density at radius 2 is 2.11 bits per heavy atom. The Labute approximate surface area is 106 Å². The SMILES string of the molecule is O=C(C1CCC1)N1C(O)CCC1c1cnccn1. The molecule has 18 heavy (non-hydrogen) atoms. The molecule has 0 radical (unpaired) electrons. The monoisotopic (exact) mass is 247 g/mol. The highest BCUT2D eigenvalue weighted by Crippen LogP contribution is 2.38. The van der Waals surface area contributed by atoms with Crippen LogP contribution in [0.4, 0.5) is 0 Å². The summed E-state index contributed by atoms with van der Waals surface area (Å²) in [5.74, 6) is 0.193. The summed E-state index contributed by atoms with van der Waals surface area (Å²) in [6.07, 6.45) is 8.69. The van der Waals surface area contributed by atoms with Gasteiger partial charge >= 0.3 is 0 Å². The Hall–Kier alpha value is -1.49. The van der Waals surface area contributed by atoms with Crippen molar-refractivity contribution in [2.45, 2.75) is 44.4 Å². The predicted molar refractivity (Wildman–Crippen MR) is 64.2 cm³/mol. The first kappa shape index (κ1) is 11.6. The Bertz CT molecular complexity index is 433. The maximum Gasteiger partial charge on any atom is 0.228 e. The summed E-state index contributed by atoms with van der Waals surface area (Å²) in [5, 5.41) is 10.0. The van der Waals surface area contributed by atoms with Crippen LogP contribution in [0.15, 0.2) is 18.6 Å². The van der Waals surface area contributed by atoms with Crippen LogP contribution in [0.1, 0.15) is 43.8 Å². The molecule has 2 aliphatic rings. The number of likely N-dealkylation sites (tertiary alicyclic amines) is 1. The van der Waals surface area contributed by atoms with Crippen molar-refractivity contribution in [1.82, 2.24) is 14.9 Å². The van der Waals surface area contributed by atoms with E-state index in [2.05, 4.69) is 9.97 Å². The van der Waals surface area contributed by atoms with E-state index in [0.29, 0.717) is 6.42 Å². The minimum absolute atomic E-state index is 0.0851. The number of rotatable bonds is 2. The Kier molecular flexibility index (Phi) is 2.99. The summed E-state index contributed by atoms with van der Waals surface area (Å²) >= 11 is 0. The molecule has 3 rings (SSSR count). The lowest BCUT2D eigenvalue weighted by Crippen LogP contribution is -2.43. The zero-order valence-electron chi connectivity index (χ0n) is 10.2. The minimum atomic E-state index is -0.662. The molecule has 1 saturated heterocycles. The molecule has 1 aliphatic heterocycles. The number of carbonyl (C=O) groups is 1. The van der Waals surface area contributed by atoms with Gasteiger partial charge in [0.25, 0.3) is 0 Å². The molecule has 1 N–H and O–H groups in total. The number of aliphatic hydroxyl groups is 1. The number of hydrogen-bond donors (Lipinski definition) is 1. The van der Waals surface area contributed by atoms with Crippen LogP contribution in [0.5, 0.6) is 0 Å². The third-order valence-electron chi connectivity index (χ3n) is 3.99. The van der Waals surface area contributed by atoms with Crippen LogP contribution < -0.4 is 0 Å². The van der Waals surface area contributed by atoms with Crippen molar-refractivity contribution in [1.29, 1.82) is 0 Å². The van der Waals surface area contributed by atoms with E-state index >= 15 is 0 Å². The topological polar surface area (TPSA) is 66.3 Å². The standard InChI is InChI=1S/C13H17N3O2/c17-12-5-4-11(10-8-14-6-7-15-10)16(12)13(18)9-2-1-3-9/h6-9,11-12,17H,1-5H2. The predicted octanol–water partition coefficient (Wildman–Crippen LogP) is 1.26. The lowest BCUT2D eigenvalue weighted by Gasteiger charge is -2.34. The summed E-state index contributed by atoms with van der Waals surface area (Å²) < 4.78 is 0. The first-order valence-corrected chi connectivity index (χ1v) is 6.53. The average molecular weight is 247 g/mol. The second-order valence-electron chi connectivity index (χ2n) is 5.08. The summed E-state index contributed by atoms with van der Waals surface area (Å²) in [6, 6.07) is -0.109. The van der Waals surface area contributed by atoms with Crippen LogP contribution >= 0.6 is 0 Å². The molecule has 5 heteroatoms. The fourth-order valence-electron chi connectivity index (χ4n) is 2.73. The van der Waals surface area contributed by atoms with E-state index in [1.54, 1.807) is 23.5 Å². The van der Waals surface area contributed by atoms with Gasteiger partial charge in [-0.2, -0.15) is 0 Å². The Morgan fingerprint density at radius 3 is 2.72 bits per heavy atom. The molecule has 0 bridgehead atoms. The highest BCUT2D eigenvalue weighted by atomic mass is 16.3. The van der Waals surface area contributed by atoms with Gasteiger partial charge in [0.05, 0.1) is 17.9 Å². The number of carbonyl (C=O) groups excluding carboxylic acids is 1. The van der Waals surface area contributed by atoms with E-state index in [9.17, 15) is 9.90 Å². The van der Waals surface area contributed by atoms with Crippen LogP contribution in [0.25, 0.3) is 0 Å². The van der Waals surface area contributed by atoms with Crippen LogP contribution in [-0.2, 0) is 4.79 Å². The molecule has 0 spiro atoms. The van der Waals surface area contributed by atoms with Crippen LogP contribution in [0.3, 0.4) is 0 Å². The smallest absolute Gasteiger partial charge is 0.228 e. The molecule has 5 nitrogen and oxygen atoms in total. The van der Waals surface area contributed by atoms with Crippen molar-refractivity contribution >= 4 is 5.91 Å². The van der Waals surface area contributed by atoms with Crippen LogP contribution in [0.2, 0.25) is 0 Å². The molecule has 1 aliphatic carbocycles. The molecule has 1 amide bonds. The molecule has 2 heterocycles. The van der Waals surface area contributed by atoms with Gasteiger partial charge in [-0.3, -0.25) is 14.8 Å². The molecule has 2 atom stereocenters. The van der Waals surface area contributed by atoms with Gasteiger partial charge in [0.15, 0.2) is 0 Å². The van der Waals surface area contributed by atoms with E-state index in [4.69, 9.17) is 0 Å². The minimum Gasteiger partial charge on any atom is -0.374 e. The highest BCUT2D eigenvalue weighted by Gasteiger charge is 2.41. The van der Waals surface area contributed by atoms with Crippen LogP contribution in [-0.4, -0.2) is 32.1 Å². The zero-order chi connectivity index (χ0) is 12.5. The number of aliphatic hydroxyl groups excluding tert-OH is 1. The first-order chi connectivity index (χ1) is 8.77. The maximum absolute atomic E-state index is 12.3. The molecule has 96 valence electrons. The molecule has 2 unspecified atom stereocenters. The van der Waals surface area contributed by atoms with Crippen molar-refractivity contribution in [3.8, 4) is 0 Å². The van der Waals surface area contributed by atoms with Crippen molar-refractivity contribution in [2.75, 3.05) is 0 Å². The lowest BCUT2D eigenvalue weighted by molar-refractivity contribution is -0.148. The molecular formula is C13H17N3O2. The first-order valence-electron chi connectivity index (χ1n) is 6.53. The molecule has 1 aromatic rings. The van der Waals surface area contributed by atoms with Crippen molar-refractivity contribution in [3.05, 3.63) is 24.3 Å². The number of hydrogen-bond acceptors (Lipinski definition) is 4. The quantitative estimate of drug-likeness (QED) is 0.854. The molecule has 1 aromatic heterocycles. The van der Waals surface area contributed by atoms with Gasteiger partial charge < -0.3 is 10.0 Å². The van der Waals surface area contributed by atoms with Gasteiger partial charge in [-0.15, -0.1) is 0 Å². The van der Waals surface area contributed by atoms with Gasteiger partial charge in [-0.25, -0.2) is 0 Å². The average Bonchev–Trinajstić information content (AvgIpc) is 2.70. The summed E-state index contributed by atoms with van der Waals surface area (Å²) in [4.78, 5) is 22.3. The number of nitrogens with zero attached hydrogens (tertiary/aromatic N) is 3. The zero-order valence-corrected chi connectivity index (χ0v) is 10.2. The fraction of sp³-hybridized carbons (Fsp3) is 0.615. The second-order valence-corrected chi connectivity index (χ2v) is 5.08. The third-order valence-corrected chi connectivity index (χ3v) is 3.99. The molecule has 1 saturated carbocycles. The van der Waals surface area contributed by atoms with Gasteiger partial charge in [0, 0.05) is 18.3 Å². The maximum atomic E-state index is 12.3. The summed E-state index contributed by atoms with van der Waals surface area (Å²) in [6.45, 7) is 0. The van der Waals surface area contributed by atoms with Crippen molar-refractivity contribution < 1.29 is 9.90 Å². The normalized spacial score (nSPS) is 28.2. The third kappa shape index (κ3) is 1.88. The Balaban J connectivity index is 1.83. The number of aromatic nitrogens is 2. The van der Waals surface area contributed by atoms with E-state index in [0.717, 1.165) is 31.4 Å². The van der Waals surface area contributed by atoms with Crippen LogP contribution in [0, 0.1) is 5.92 Å². The van der Waals surface area contributed by atoms with E-state index in [1.807, 2.05) is 0 Å². The van der Waals surface area contributed by atoms with E-state index in [-0.39, 0.29) is 17.9 Å². The largest absolute Gasteiger partial charge is 0.374 e. The second kappa shape index (κ2) is 4.65. The lowest BCUT2D eigenvalue weighted by atomic mass is 9.84. The molecule has 0 aromatic carbocycles. The van der Waals surface area contributed by atoms with Gasteiger partial charge in [0.2, 0.25) is 5.91 Å². The summed E-state index contributed by atoms with van der Waals surface area (Å²) in [7, 11) is 0. The number of amides is 1. The molecule has 2 fully saturated rings. The molecular weight excluding hydrogens is 230 g/mol. The van der Waals surface area contributed by atoms with Gasteiger partial charge in [0.1, 0.15) is 6.23 Å². The van der Waals surface area contributed by atoms with Gasteiger partial charge in [-0.05, 0) is 25.7 Å². The van der Waals surface area contributed by atoms with E-state index in [1.165, 1.54) is 0 Å². The van der Waals surface area contributed by atoms with Crippen molar-refractivity contribution in [2.24, 2.45) is 5.92 Å². The fourth-order valence-corrected chi connectivity index (χ4v) is 2.73. The van der Waals surface area contributed by atoms with E-state index < -0.39 is 6.23 Å².